The van der Waals surface area contributed by atoms with Crippen LogP contribution in [0.25, 0.3) is 0 Å². The molecule has 31 heavy (non-hydrogen) atoms. The Hall–Kier alpha value is -1.08. The van der Waals surface area contributed by atoms with Crippen molar-refractivity contribution in [3.8, 4) is 0 Å². The number of hydrogen-bond donors (Lipinski definition) is 2. The Labute approximate surface area is 184 Å². The smallest absolute Gasteiger partial charge is 0.193 e. The Kier molecular flexibility index (Phi) is 5.06. The fourth-order valence-electron chi connectivity index (χ4n) is 8.48. The Balaban J connectivity index is 1.55. The molecule has 4 fully saturated rings. The minimum absolute atomic E-state index is 0.0743. The lowest BCUT2D eigenvalue weighted by Crippen LogP contribution is -2.63. The van der Waals surface area contributed by atoms with Gasteiger partial charge in [-0.1, -0.05) is 32.8 Å². The number of allylic oxidation sites excluding steroid dienone is 1. The molecule has 1 saturated heterocycles. The number of aliphatic hydroxyl groups is 2. The number of aliphatic hydroxyl groups excluding tert-OH is 2. The first-order valence-electron chi connectivity index (χ1n) is 12.1. The predicted octanol–water partition coefficient (Wildman–Crippen LogP) is 2.94. The van der Waals surface area contributed by atoms with Crippen LogP contribution >= 0.6 is 0 Å². The van der Waals surface area contributed by atoms with E-state index in [1.165, 1.54) is 5.57 Å². The SMILES string of the molecule is CCCC1OC2C[C@H]3[C@@H]4CCC5=CC(=O)CC[C@]5(C)[C@H]4[C@@H](O)C[C@]3(C)C2(C(=O)CO)O1. The molecule has 0 bridgehead atoms. The molecule has 172 valence electrons. The molecule has 0 spiro atoms. The van der Waals surface area contributed by atoms with Crippen molar-refractivity contribution >= 4 is 11.6 Å². The third kappa shape index (κ3) is 2.71. The number of carbonyl (C=O) groups is 2. The maximum atomic E-state index is 13.2. The van der Waals surface area contributed by atoms with Crippen molar-refractivity contribution < 1.29 is 29.3 Å². The first kappa shape index (κ1) is 21.7. The van der Waals surface area contributed by atoms with Crippen LogP contribution in [0.1, 0.15) is 72.1 Å². The van der Waals surface area contributed by atoms with Gasteiger partial charge in [-0.15, -0.1) is 0 Å². The van der Waals surface area contributed by atoms with Crippen LogP contribution in [0.4, 0.5) is 0 Å². The van der Waals surface area contributed by atoms with Crippen LogP contribution in [0.5, 0.6) is 0 Å². The summed E-state index contributed by atoms with van der Waals surface area (Å²) in [4.78, 5) is 25.3. The molecule has 2 N–H and O–H groups in total. The number of hydrogen-bond acceptors (Lipinski definition) is 6. The van der Waals surface area contributed by atoms with Crippen LogP contribution in [0.2, 0.25) is 0 Å². The Bertz CT molecular complexity index is 821. The van der Waals surface area contributed by atoms with Gasteiger partial charge in [-0.05, 0) is 67.8 Å². The van der Waals surface area contributed by atoms with E-state index in [1.54, 1.807) is 0 Å². The number of carbonyl (C=O) groups excluding carboxylic acids is 2. The van der Waals surface area contributed by atoms with Crippen molar-refractivity contribution in [3.63, 3.8) is 0 Å². The largest absolute Gasteiger partial charge is 0.393 e. The standard InChI is InChI=1S/C25H36O6/c1-4-5-21-30-20-11-17-16-7-6-14-10-15(27)8-9-23(14,2)22(16)18(28)12-24(17,3)25(20,31-21)19(29)13-26/h10,16-18,20-22,26,28H,4-9,11-13H2,1-3H3/t16-,17-,18-,20?,21?,22+,23-,24-,25?/m0/s1. The van der Waals surface area contributed by atoms with Gasteiger partial charge >= 0.3 is 0 Å². The topological polar surface area (TPSA) is 93.1 Å². The zero-order chi connectivity index (χ0) is 22.2. The minimum atomic E-state index is -1.18. The van der Waals surface area contributed by atoms with Gasteiger partial charge in [-0.2, -0.15) is 0 Å². The minimum Gasteiger partial charge on any atom is -0.393 e. The summed E-state index contributed by atoms with van der Waals surface area (Å²) in [7, 11) is 0. The van der Waals surface area contributed by atoms with Gasteiger partial charge in [0.05, 0.1) is 12.2 Å². The molecule has 5 aliphatic rings. The van der Waals surface area contributed by atoms with E-state index in [9.17, 15) is 19.8 Å². The fraction of sp³-hybridized carbons (Fsp3) is 0.840. The summed E-state index contributed by atoms with van der Waals surface area (Å²) in [5.74, 6) is 0.394. The predicted molar refractivity (Wildman–Crippen MR) is 113 cm³/mol. The monoisotopic (exact) mass is 432 g/mol. The van der Waals surface area contributed by atoms with Gasteiger partial charge in [0.15, 0.2) is 23.5 Å². The summed E-state index contributed by atoms with van der Waals surface area (Å²) in [6.07, 6.45) is 6.35. The summed E-state index contributed by atoms with van der Waals surface area (Å²) < 4.78 is 12.7. The molecular formula is C25H36O6. The summed E-state index contributed by atoms with van der Waals surface area (Å²) in [5.41, 5.74) is -0.738. The lowest BCUT2D eigenvalue weighted by molar-refractivity contribution is -0.203. The lowest BCUT2D eigenvalue weighted by atomic mass is 9.45. The van der Waals surface area contributed by atoms with E-state index in [4.69, 9.17) is 9.47 Å². The van der Waals surface area contributed by atoms with E-state index in [1.807, 2.05) is 6.08 Å². The van der Waals surface area contributed by atoms with Gasteiger partial charge in [0.25, 0.3) is 0 Å². The van der Waals surface area contributed by atoms with Gasteiger partial charge in [-0.25, -0.2) is 0 Å². The van der Waals surface area contributed by atoms with Crippen molar-refractivity contribution in [1.82, 2.24) is 0 Å². The van der Waals surface area contributed by atoms with E-state index in [0.29, 0.717) is 19.3 Å². The second kappa shape index (κ2) is 7.21. The fourth-order valence-corrected chi connectivity index (χ4v) is 8.48. The molecule has 0 aromatic heterocycles. The van der Waals surface area contributed by atoms with Crippen LogP contribution in [-0.2, 0) is 19.1 Å². The second-order valence-corrected chi connectivity index (χ2v) is 11.1. The van der Waals surface area contributed by atoms with Crippen LogP contribution < -0.4 is 0 Å². The third-order valence-corrected chi connectivity index (χ3v) is 9.77. The highest BCUT2D eigenvalue weighted by molar-refractivity contribution is 5.92. The number of Topliss-reactive ketones (excluding diaryl/α,β-unsaturated/α-hetero) is 1. The average molecular weight is 433 g/mol. The molecular weight excluding hydrogens is 396 g/mol. The highest BCUT2D eigenvalue weighted by Gasteiger charge is 2.75. The average Bonchev–Trinajstić information content (AvgIpc) is 3.20. The van der Waals surface area contributed by atoms with Gasteiger partial charge in [0, 0.05) is 11.8 Å². The van der Waals surface area contributed by atoms with Gasteiger partial charge < -0.3 is 19.7 Å². The molecule has 3 unspecified atom stereocenters. The van der Waals surface area contributed by atoms with Crippen molar-refractivity contribution in [1.29, 1.82) is 0 Å². The van der Waals surface area contributed by atoms with Crippen LogP contribution in [0.15, 0.2) is 11.6 Å². The van der Waals surface area contributed by atoms with E-state index < -0.39 is 30.0 Å². The number of fused-ring (bicyclic) bond motifs is 7. The van der Waals surface area contributed by atoms with E-state index >= 15 is 0 Å². The van der Waals surface area contributed by atoms with Crippen molar-refractivity contribution in [3.05, 3.63) is 11.6 Å². The molecule has 3 saturated carbocycles. The van der Waals surface area contributed by atoms with Crippen LogP contribution in [-0.4, -0.2) is 52.5 Å². The Morgan fingerprint density at radius 1 is 1.29 bits per heavy atom. The first-order chi connectivity index (χ1) is 14.7. The maximum Gasteiger partial charge on any atom is 0.193 e. The molecule has 1 aliphatic heterocycles. The lowest BCUT2D eigenvalue weighted by Gasteiger charge is -2.60. The Morgan fingerprint density at radius 3 is 2.77 bits per heavy atom. The number of ketones is 2. The van der Waals surface area contributed by atoms with Crippen LogP contribution in [0, 0.1) is 28.6 Å². The molecule has 0 radical (unpaired) electrons. The molecule has 4 aliphatic carbocycles. The molecule has 1 heterocycles. The van der Waals surface area contributed by atoms with E-state index in [2.05, 4.69) is 20.8 Å². The maximum absolute atomic E-state index is 13.2. The summed E-state index contributed by atoms with van der Waals surface area (Å²) in [6, 6.07) is 0. The second-order valence-electron chi connectivity index (χ2n) is 11.1. The van der Waals surface area contributed by atoms with E-state index in [0.717, 1.165) is 32.1 Å². The molecule has 5 rings (SSSR count). The molecule has 0 aromatic rings. The molecule has 0 aromatic carbocycles. The molecule has 0 amide bonds. The highest BCUT2D eigenvalue weighted by atomic mass is 16.7. The first-order valence-corrected chi connectivity index (χ1v) is 12.1. The third-order valence-electron chi connectivity index (χ3n) is 9.77. The summed E-state index contributed by atoms with van der Waals surface area (Å²) >= 11 is 0. The molecule has 6 heteroatoms. The molecule has 6 nitrogen and oxygen atoms in total. The van der Waals surface area contributed by atoms with E-state index in [-0.39, 0.29) is 40.8 Å². The zero-order valence-electron chi connectivity index (χ0n) is 18.9. The van der Waals surface area contributed by atoms with Crippen LogP contribution in [0.3, 0.4) is 0 Å². The van der Waals surface area contributed by atoms with Crippen molar-refractivity contribution in [2.75, 3.05) is 6.61 Å². The zero-order valence-corrected chi connectivity index (χ0v) is 18.9. The van der Waals surface area contributed by atoms with Gasteiger partial charge in [-0.3, -0.25) is 9.59 Å². The van der Waals surface area contributed by atoms with Crippen molar-refractivity contribution in [2.24, 2.45) is 28.6 Å². The summed E-state index contributed by atoms with van der Waals surface area (Å²) in [6.45, 7) is 5.80. The van der Waals surface area contributed by atoms with Crippen molar-refractivity contribution in [2.45, 2.75) is 96.2 Å². The number of rotatable bonds is 4. The Morgan fingerprint density at radius 2 is 2.06 bits per heavy atom. The summed E-state index contributed by atoms with van der Waals surface area (Å²) in [5, 5.41) is 21.5. The highest BCUT2D eigenvalue weighted by Crippen LogP contribution is 2.70. The number of ether oxygens (including phenoxy) is 2. The normalized spacial score (nSPS) is 50.9. The quantitative estimate of drug-likeness (QED) is 0.710. The molecule has 9 atom stereocenters. The van der Waals surface area contributed by atoms with Gasteiger partial charge in [0.1, 0.15) is 6.61 Å². The van der Waals surface area contributed by atoms with Gasteiger partial charge in [0.2, 0.25) is 0 Å².